The second-order valence-electron chi connectivity index (χ2n) is 4.19. The van der Waals surface area contributed by atoms with Crippen LogP contribution in [-0.4, -0.2) is 38.5 Å². The number of nitrogens with one attached hydrogen (secondary N) is 2. The molecule has 0 aliphatic carbocycles. The van der Waals surface area contributed by atoms with E-state index in [1.807, 2.05) is 6.92 Å². The number of amides is 1. The number of methoxy groups -OCH3 is 1. The number of thioether (sulfide) groups is 1. The molecule has 106 valence electrons. The third-order valence-corrected chi connectivity index (χ3v) is 3.78. The Morgan fingerprint density at radius 2 is 2.05 bits per heavy atom. The predicted molar refractivity (Wildman–Crippen MR) is 79.4 cm³/mol. The molecular weight excluding hydrogens is 260 g/mol. The fraction of sp³-hybridized carbons (Fsp3) is 0.500. The number of rotatable bonds is 8. The summed E-state index contributed by atoms with van der Waals surface area (Å²) in [4.78, 5) is 12.5. The lowest BCUT2D eigenvalue weighted by molar-refractivity contribution is -0.119. The molecule has 4 nitrogen and oxygen atoms in total. The molecule has 0 heterocycles. The molecule has 1 aromatic carbocycles. The van der Waals surface area contributed by atoms with Crippen molar-refractivity contribution in [1.82, 2.24) is 10.6 Å². The number of hydrogen-bond donors (Lipinski definition) is 2. The van der Waals surface area contributed by atoms with Crippen LogP contribution in [0.4, 0.5) is 0 Å². The van der Waals surface area contributed by atoms with Crippen LogP contribution in [-0.2, 0) is 16.1 Å². The van der Waals surface area contributed by atoms with E-state index in [9.17, 15) is 4.79 Å². The van der Waals surface area contributed by atoms with Crippen molar-refractivity contribution in [3.05, 3.63) is 29.8 Å². The third-order valence-electron chi connectivity index (χ3n) is 2.66. The van der Waals surface area contributed by atoms with Crippen molar-refractivity contribution in [3.8, 4) is 0 Å². The van der Waals surface area contributed by atoms with Crippen molar-refractivity contribution in [2.75, 3.05) is 27.3 Å². The first-order valence-corrected chi connectivity index (χ1v) is 7.22. The van der Waals surface area contributed by atoms with Gasteiger partial charge >= 0.3 is 0 Å². The van der Waals surface area contributed by atoms with Crippen LogP contribution >= 0.6 is 11.8 Å². The van der Waals surface area contributed by atoms with Crippen LogP contribution in [0.2, 0.25) is 0 Å². The second-order valence-corrected chi connectivity index (χ2v) is 5.60. The van der Waals surface area contributed by atoms with Crippen LogP contribution in [0.5, 0.6) is 0 Å². The molecule has 2 N–H and O–H groups in total. The van der Waals surface area contributed by atoms with Gasteiger partial charge in [-0.15, -0.1) is 11.8 Å². The van der Waals surface area contributed by atoms with Crippen LogP contribution in [0.1, 0.15) is 12.5 Å². The number of carbonyl (C=O) groups is 1. The minimum Gasteiger partial charge on any atom is -0.383 e. The van der Waals surface area contributed by atoms with Gasteiger partial charge in [0.2, 0.25) is 5.91 Å². The van der Waals surface area contributed by atoms with Crippen LogP contribution in [0.3, 0.4) is 0 Å². The summed E-state index contributed by atoms with van der Waals surface area (Å²) < 4.78 is 4.97. The van der Waals surface area contributed by atoms with E-state index in [1.165, 1.54) is 5.56 Å². The van der Waals surface area contributed by atoms with Gasteiger partial charge in [0.1, 0.15) is 0 Å². The highest BCUT2D eigenvalue weighted by atomic mass is 32.2. The zero-order chi connectivity index (χ0) is 14.1. The van der Waals surface area contributed by atoms with E-state index in [4.69, 9.17) is 4.74 Å². The fourth-order valence-corrected chi connectivity index (χ4v) is 2.48. The first-order valence-electron chi connectivity index (χ1n) is 6.34. The highest BCUT2D eigenvalue weighted by Gasteiger charge is 2.11. The molecule has 0 aliphatic rings. The summed E-state index contributed by atoms with van der Waals surface area (Å²) in [6.45, 7) is 4.31. The summed E-state index contributed by atoms with van der Waals surface area (Å²) in [5.74, 6) is 0.0512. The van der Waals surface area contributed by atoms with Gasteiger partial charge in [-0.3, -0.25) is 4.79 Å². The standard InChI is InChI=1S/C14H22N2O2S/c1-11(14(17)15-2)19-13-6-4-12(5-7-13)10-16-8-9-18-3/h4-7,11,16H,8-10H2,1-3H3,(H,15,17). The number of ether oxygens (including phenoxy) is 1. The zero-order valence-electron chi connectivity index (χ0n) is 11.7. The molecular formula is C14H22N2O2S. The predicted octanol–water partition coefficient (Wildman–Crippen LogP) is 1.65. The minimum atomic E-state index is -0.0734. The van der Waals surface area contributed by atoms with E-state index >= 15 is 0 Å². The molecule has 5 heteroatoms. The average Bonchev–Trinajstić information content (AvgIpc) is 2.44. The van der Waals surface area contributed by atoms with Gasteiger partial charge in [0, 0.05) is 32.1 Å². The lowest BCUT2D eigenvalue weighted by Crippen LogP contribution is -2.27. The minimum absolute atomic E-state index is 0.0512. The maximum absolute atomic E-state index is 11.4. The van der Waals surface area contributed by atoms with Gasteiger partial charge in [0.25, 0.3) is 0 Å². The van der Waals surface area contributed by atoms with Crippen LogP contribution in [0.15, 0.2) is 29.2 Å². The molecule has 1 rings (SSSR count). The summed E-state index contributed by atoms with van der Waals surface area (Å²) in [5, 5.41) is 5.88. The Bertz CT molecular complexity index is 382. The molecule has 1 amide bonds. The molecule has 0 fully saturated rings. The quantitative estimate of drug-likeness (QED) is 0.562. The smallest absolute Gasteiger partial charge is 0.232 e. The third kappa shape index (κ3) is 6.09. The Morgan fingerprint density at radius 3 is 2.63 bits per heavy atom. The van der Waals surface area contributed by atoms with Gasteiger partial charge in [-0.1, -0.05) is 12.1 Å². The Kier molecular flexibility index (Phi) is 7.55. The lowest BCUT2D eigenvalue weighted by Gasteiger charge is -2.10. The largest absolute Gasteiger partial charge is 0.383 e. The van der Waals surface area contributed by atoms with Crippen molar-refractivity contribution < 1.29 is 9.53 Å². The van der Waals surface area contributed by atoms with Gasteiger partial charge in [0.05, 0.1) is 11.9 Å². The van der Waals surface area contributed by atoms with Crippen LogP contribution in [0.25, 0.3) is 0 Å². The number of hydrogen-bond acceptors (Lipinski definition) is 4. The lowest BCUT2D eigenvalue weighted by atomic mass is 10.2. The Morgan fingerprint density at radius 1 is 1.37 bits per heavy atom. The van der Waals surface area contributed by atoms with Gasteiger partial charge in [-0.05, 0) is 24.6 Å². The van der Waals surface area contributed by atoms with E-state index in [0.29, 0.717) is 0 Å². The maximum Gasteiger partial charge on any atom is 0.232 e. The van der Waals surface area contributed by atoms with Crippen molar-refractivity contribution in [3.63, 3.8) is 0 Å². The van der Waals surface area contributed by atoms with E-state index in [-0.39, 0.29) is 11.2 Å². The van der Waals surface area contributed by atoms with E-state index in [1.54, 1.807) is 25.9 Å². The normalized spacial score (nSPS) is 12.2. The summed E-state index contributed by atoms with van der Waals surface area (Å²) in [7, 11) is 3.36. The average molecular weight is 282 g/mol. The highest BCUT2D eigenvalue weighted by molar-refractivity contribution is 8.00. The highest BCUT2D eigenvalue weighted by Crippen LogP contribution is 2.23. The summed E-state index contributed by atoms with van der Waals surface area (Å²) in [5.41, 5.74) is 1.23. The summed E-state index contributed by atoms with van der Waals surface area (Å²) in [6, 6.07) is 8.27. The van der Waals surface area contributed by atoms with Crippen molar-refractivity contribution in [1.29, 1.82) is 0 Å². The van der Waals surface area contributed by atoms with Gasteiger partial charge in [0.15, 0.2) is 0 Å². The first kappa shape index (κ1) is 16.0. The van der Waals surface area contributed by atoms with E-state index in [2.05, 4.69) is 34.9 Å². The molecule has 0 bridgehead atoms. The molecule has 0 saturated heterocycles. The van der Waals surface area contributed by atoms with Crippen molar-refractivity contribution in [2.24, 2.45) is 0 Å². The van der Waals surface area contributed by atoms with Crippen LogP contribution < -0.4 is 10.6 Å². The number of benzene rings is 1. The molecule has 0 spiro atoms. The Labute approximate surface area is 119 Å². The second kappa shape index (κ2) is 8.96. The van der Waals surface area contributed by atoms with Crippen molar-refractivity contribution >= 4 is 17.7 Å². The topological polar surface area (TPSA) is 50.4 Å². The molecule has 0 saturated carbocycles. The van der Waals surface area contributed by atoms with E-state index < -0.39 is 0 Å². The van der Waals surface area contributed by atoms with Gasteiger partial charge < -0.3 is 15.4 Å². The molecule has 1 aromatic rings. The molecule has 19 heavy (non-hydrogen) atoms. The SMILES string of the molecule is CNC(=O)C(C)Sc1ccc(CNCCOC)cc1. The summed E-state index contributed by atoms with van der Waals surface area (Å²) >= 11 is 1.56. The van der Waals surface area contributed by atoms with Crippen molar-refractivity contribution in [2.45, 2.75) is 23.6 Å². The first-order chi connectivity index (χ1) is 9.17. The van der Waals surface area contributed by atoms with Gasteiger partial charge in [-0.2, -0.15) is 0 Å². The fourth-order valence-electron chi connectivity index (χ4n) is 1.55. The monoisotopic (exact) mass is 282 g/mol. The zero-order valence-corrected chi connectivity index (χ0v) is 12.5. The molecule has 0 aliphatic heterocycles. The Hall–Kier alpha value is -1.04. The maximum atomic E-state index is 11.4. The molecule has 1 unspecified atom stereocenters. The van der Waals surface area contributed by atoms with Crippen LogP contribution in [0, 0.1) is 0 Å². The van der Waals surface area contributed by atoms with Gasteiger partial charge in [-0.25, -0.2) is 0 Å². The van der Waals surface area contributed by atoms with E-state index in [0.717, 1.165) is 24.6 Å². The molecule has 0 radical (unpaired) electrons. The summed E-state index contributed by atoms with van der Waals surface area (Å²) in [6.07, 6.45) is 0. The number of carbonyl (C=O) groups excluding carboxylic acids is 1. The molecule has 0 aromatic heterocycles. The molecule has 1 atom stereocenters. The Balaban J connectivity index is 2.41.